The molecule has 0 bridgehead atoms. The molecule has 176 valence electrons. The van der Waals surface area contributed by atoms with Crippen LogP contribution in [0.2, 0.25) is 0 Å². The highest BCUT2D eigenvalue weighted by atomic mass is 16.5. The normalized spacial score (nSPS) is 13.2. The molecular weight excluding hydrogens is 424 g/mol. The second-order valence-corrected chi connectivity index (χ2v) is 7.71. The minimum atomic E-state index is -0.552. The maximum atomic E-state index is 12.6. The van der Waals surface area contributed by atoms with Gasteiger partial charge in [-0.15, -0.1) is 0 Å². The summed E-state index contributed by atoms with van der Waals surface area (Å²) < 4.78 is 15.9. The monoisotopic (exact) mass is 454 g/mol. The van der Waals surface area contributed by atoms with Crippen molar-refractivity contribution < 1.29 is 28.6 Å². The smallest absolute Gasteiger partial charge is 0.309 e. The quantitative estimate of drug-likeness (QED) is 0.502. The fourth-order valence-electron chi connectivity index (χ4n) is 3.58. The van der Waals surface area contributed by atoms with Crippen LogP contribution in [-0.2, 0) is 14.3 Å². The third-order valence-electron chi connectivity index (χ3n) is 5.21. The van der Waals surface area contributed by atoms with Gasteiger partial charge in [0.25, 0.3) is 11.8 Å². The molecule has 2 aromatic carbocycles. The molecule has 2 aromatic rings. The maximum Gasteiger partial charge on any atom is 0.309 e. The Balaban J connectivity index is 1.40. The SMILES string of the molecule is CCOc1ccc(OCCC(=O)OCC(=O)Nc2ccccc2C(=O)NC2CCCC2)cc1. The van der Waals surface area contributed by atoms with E-state index in [1.807, 2.05) is 6.92 Å². The Morgan fingerprint density at radius 2 is 1.61 bits per heavy atom. The fourth-order valence-corrected chi connectivity index (χ4v) is 3.58. The van der Waals surface area contributed by atoms with Crippen LogP contribution in [0.5, 0.6) is 11.5 Å². The van der Waals surface area contributed by atoms with Crippen molar-refractivity contribution in [2.45, 2.75) is 45.1 Å². The number of nitrogens with one attached hydrogen (secondary N) is 2. The molecule has 1 fully saturated rings. The lowest BCUT2D eigenvalue weighted by Crippen LogP contribution is -2.33. The molecule has 1 aliphatic rings. The molecule has 8 nitrogen and oxygen atoms in total. The van der Waals surface area contributed by atoms with E-state index in [-0.39, 0.29) is 25.0 Å². The predicted molar refractivity (Wildman–Crippen MR) is 123 cm³/mol. The van der Waals surface area contributed by atoms with Gasteiger partial charge in [-0.25, -0.2) is 0 Å². The van der Waals surface area contributed by atoms with Gasteiger partial charge < -0.3 is 24.8 Å². The minimum absolute atomic E-state index is 0.000866. The second-order valence-electron chi connectivity index (χ2n) is 7.71. The average Bonchev–Trinajstić information content (AvgIpc) is 3.32. The molecule has 0 aliphatic heterocycles. The fraction of sp³-hybridized carbons (Fsp3) is 0.400. The Morgan fingerprint density at radius 3 is 2.30 bits per heavy atom. The molecule has 0 aromatic heterocycles. The van der Waals surface area contributed by atoms with E-state index >= 15 is 0 Å². The van der Waals surface area contributed by atoms with Crippen LogP contribution in [0.1, 0.15) is 49.4 Å². The van der Waals surface area contributed by atoms with Crippen molar-refractivity contribution in [1.29, 1.82) is 0 Å². The molecule has 0 heterocycles. The van der Waals surface area contributed by atoms with Gasteiger partial charge in [0.15, 0.2) is 6.61 Å². The van der Waals surface area contributed by atoms with Gasteiger partial charge in [-0.3, -0.25) is 14.4 Å². The van der Waals surface area contributed by atoms with Crippen LogP contribution >= 0.6 is 0 Å². The van der Waals surface area contributed by atoms with Gasteiger partial charge in [0.2, 0.25) is 0 Å². The van der Waals surface area contributed by atoms with E-state index in [2.05, 4.69) is 10.6 Å². The number of benzene rings is 2. The molecule has 33 heavy (non-hydrogen) atoms. The summed E-state index contributed by atoms with van der Waals surface area (Å²) in [6.45, 7) is 2.17. The Hall–Kier alpha value is -3.55. The van der Waals surface area contributed by atoms with E-state index in [0.717, 1.165) is 31.4 Å². The number of hydrogen-bond donors (Lipinski definition) is 2. The van der Waals surface area contributed by atoms with Crippen molar-refractivity contribution in [3.05, 3.63) is 54.1 Å². The minimum Gasteiger partial charge on any atom is -0.494 e. The van der Waals surface area contributed by atoms with Gasteiger partial charge in [0.1, 0.15) is 11.5 Å². The second kappa shape index (κ2) is 12.5. The zero-order valence-corrected chi connectivity index (χ0v) is 18.8. The van der Waals surface area contributed by atoms with Crippen molar-refractivity contribution in [2.24, 2.45) is 0 Å². The number of anilines is 1. The number of carbonyl (C=O) groups excluding carboxylic acids is 3. The average molecular weight is 455 g/mol. The molecule has 1 saturated carbocycles. The van der Waals surface area contributed by atoms with E-state index in [4.69, 9.17) is 14.2 Å². The first-order valence-electron chi connectivity index (χ1n) is 11.3. The summed E-state index contributed by atoms with van der Waals surface area (Å²) >= 11 is 0. The van der Waals surface area contributed by atoms with Gasteiger partial charge in [0, 0.05) is 6.04 Å². The van der Waals surface area contributed by atoms with Gasteiger partial charge in [0.05, 0.1) is 30.9 Å². The largest absolute Gasteiger partial charge is 0.494 e. The highest BCUT2D eigenvalue weighted by Gasteiger charge is 2.20. The van der Waals surface area contributed by atoms with Crippen LogP contribution < -0.4 is 20.1 Å². The van der Waals surface area contributed by atoms with Crippen molar-refractivity contribution in [3.63, 3.8) is 0 Å². The molecule has 0 saturated heterocycles. The summed E-state index contributed by atoms with van der Waals surface area (Å²) in [5.74, 6) is 0.0609. The molecule has 0 radical (unpaired) electrons. The summed E-state index contributed by atoms with van der Waals surface area (Å²) in [6, 6.07) is 14.0. The van der Waals surface area contributed by atoms with Crippen LogP contribution in [0, 0.1) is 0 Å². The van der Waals surface area contributed by atoms with Crippen LogP contribution in [-0.4, -0.2) is 43.6 Å². The molecular formula is C25H30N2O6. The topological polar surface area (TPSA) is 103 Å². The number of ether oxygens (including phenoxy) is 3. The molecule has 2 N–H and O–H groups in total. The number of amides is 2. The van der Waals surface area contributed by atoms with E-state index in [9.17, 15) is 14.4 Å². The maximum absolute atomic E-state index is 12.6. The molecule has 0 atom stereocenters. The van der Waals surface area contributed by atoms with Crippen LogP contribution in [0.25, 0.3) is 0 Å². The Morgan fingerprint density at radius 1 is 0.939 bits per heavy atom. The zero-order valence-electron chi connectivity index (χ0n) is 18.8. The Labute approximate surface area is 193 Å². The number of carbonyl (C=O) groups is 3. The first-order valence-corrected chi connectivity index (χ1v) is 11.3. The first kappa shape index (κ1) is 24.1. The van der Waals surface area contributed by atoms with Crippen molar-refractivity contribution >= 4 is 23.5 Å². The Bertz CT molecular complexity index is 938. The highest BCUT2D eigenvalue weighted by molar-refractivity contribution is 6.04. The number of para-hydroxylation sites is 1. The third kappa shape index (κ3) is 7.82. The van der Waals surface area contributed by atoms with Crippen LogP contribution in [0.3, 0.4) is 0 Å². The van der Waals surface area contributed by atoms with Crippen LogP contribution in [0.4, 0.5) is 5.69 Å². The first-order chi connectivity index (χ1) is 16.0. The van der Waals surface area contributed by atoms with Crippen molar-refractivity contribution in [1.82, 2.24) is 5.32 Å². The molecule has 0 unspecified atom stereocenters. The van der Waals surface area contributed by atoms with Gasteiger partial charge in [-0.05, 0) is 56.2 Å². The zero-order chi connectivity index (χ0) is 23.5. The predicted octanol–water partition coefficient (Wildman–Crippen LogP) is 3.71. The number of hydrogen-bond acceptors (Lipinski definition) is 6. The van der Waals surface area contributed by atoms with Crippen molar-refractivity contribution in [2.75, 3.05) is 25.1 Å². The van der Waals surface area contributed by atoms with Gasteiger partial charge >= 0.3 is 5.97 Å². The lowest BCUT2D eigenvalue weighted by Gasteiger charge is -2.15. The van der Waals surface area contributed by atoms with E-state index in [1.54, 1.807) is 48.5 Å². The van der Waals surface area contributed by atoms with Crippen LogP contribution in [0.15, 0.2) is 48.5 Å². The van der Waals surface area contributed by atoms with E-state index < -0.39 is 18.5 Å². The lowest BCUT2D eigenvalue weighted by molar-refractivity contribution is -0.147. The summed E-state index contributed by atoms with van der Waals surface area (Å²) in [5.41, 5.74) is 0.765. The van der Waals surface area contributed by atoms with Gasteiger partial charge in [-0.2, -0.15) is 0 Å². The molecule has 3 rings (SSSR count). The summed E-state index contributed by atoms with van der Waals surface area (Å²) in [5, 5.41) is 5.66. The summed E-state index contributed by atoms with van der Waals surface area (Å²) in [6.07, 6.45) is 4.16. The number of esters is 1. The summed E-state index contributed by atoms with van der Waals surface area (Å²) in [4.78, 5) is 36.8. The summed E-state index contributed by atoms with van der Waals surface area (Å²) in [7, 11) is 0. The number of rotatable bonds is 11. The molecule has 1 aliphatic carbocycles. The van der Waals surface area contributed by atoms with E-state index in [1.165, 1.54) is 0 Å². The Kier molecular flexibility index (Phi) is 9.11. The molecule has 2 amide bonds. The third-order valence-corrected chi connectivity index (χ3v) is 5.21. The lowest BCUT2D eigenvalue weighted by atomic mass is 10.1. The van der Waals surface area contributed by atoms with Crippen molar-refractivity contribution in [3.8, 4) is 11.5 Å². The van der Waals surface area contributed by atoms with Gasteiger partial charge in [-0.1, -0.05) is 25.0 Å². The highest BCUT2D eigenvalue weighted by Crippen LogP contribution is 2.20. The van der Waals surface area contributed by atoms with E-state index in [0.29, 0.717) is 23.6 Å². The standard InChI is InChI=1S/C25H30N2O6/c1-2-31-19-11-13-20(14-12-19)32-16-15-24(29)33-17-23(28)27-22-10-6-5-9-21(22)25(30)26-18-7-3-4-8-18/h5-6,9-14,18H,2-4,7-8,15-17H2,1H3,(H,26,30)(H,27,28). The molecule has 8 heteroatoms. The molecule has 0 spiro atoms.